The fourth-order valence-electron chi connectivity index (χ4n) is 3.17. The lowest BCUT2D eigenvalue weighted by molar-refractivity contribution is 0.325. The van der Waals surface area contributed by atoms with Gasteiger partial charge in [0.25, 0.3) is 0 Å². The smallest absolute Gasteiger partial charge is 0.132 e. The lowest BCUT2D eigenvalue weighted by Gasteiger charge is -2.15. The number of rotatable bonds is 3. The second-order valence-corrected chi connectivity index (χ2v) is 5.86. The average Bonchev–Trinajstić information content (AvgIpc) is 3.04. The molecule has 4 rings (SSSR count). The van der Waals surface area contributed by atoms with Gasteiger partial charge in [0.05, 0.1) is 5.52 Å². The Balaban J connectivity index is 1.47. The molecule has 0 saturated carbocycles. The summed E-state index contributed by atoms with van der Waals surface area (Å²) in [4.78, 5) is 15.8. The molecule has 3 aromatic rings. The predicted octanol–water partition coefficient (Wildman–Crippen LogP) is 3.01. The molecule has 1 unspecified atom stereocenters. The van der Waals surface area contributed by atoms with Gasteiger partial charge in [-0.05, 0) is 36.7 Å². The van der Waals surface area contributed by atoms with Gasteiger partial charge in [-0.2, -0.15) is 0 Å². The summed E-state index contributed by atoms with van der Waals surface area (Å²) in [5.41, 5.74) is 2.33. The first-order valence-corrected chi connectivity index (χ1v) is 7.71. The van der Waals surface area contributed by atoms with Crippen molar-refractivity contribution in [1.29, 1.82) is 0 Å². The molecule has 1 saturated heterocycles. The number of hydrogen-bond donors (Lipinski definition) is 0. The van der Waals surface area contributed by atoms with E-state index in [1.165, 1.54) is 10.9 Å². The molecule has 0 spiro atoms. The second kappa shape index (κ2) is 5.81. The molecule has 1 atom stereocenters. The monoisotopic (exact) mass is 290 g/mol. The van der Waals surface area contributed by atoms with E-state index in [0.717, 1.165) is 37.4 Å². The summed E-state index contributed by atoms with van der Waals surface area (Å²) >= 11 is 0. The Labute approximate surface area is 129 Å². The van der Waals surface area contributed by atoms with Crippen LogP contribution in [0, 0.1) is 0 Å². The molecule has 1 aliphatic rings. The number of fused-ring (bicyclic) bond motifs is 1. The molecule has 2 aromatic heterocycles. The molecule has 0 amide bonds. The van der Waals surface area contributed by atoms with E-state index in [9.17, 15) is 0 Å². The van der Waals surface area contributed by atoms with Crippen LogP contribution in [-0.2, 0) is 6.54 Å². The zero-order valence-electron chi connectivity index (χ0n) is 12.4. The molecule has 1 fully saturated rings. The third-order valence-electron chi connectivity index (χ3n) is 4.28. The van der Waals surface area contributed by atoms with Crippen LogP contribution in [0.2, 0.25) is 0 Å². The third-order valence-corrected chi connectivity index (χ3v) is 4.28. The molecule has 110 valence electrons. The van der Waals surface area contributed by atoms with Crippen molar-refractivity contribution in [3.8, 4) is 0 Å². The van der Waals surface area contributed by atoms with Crippen molar-refractivity contribution in [2.45, 2.75) is 18.9 Å². The lowest BCUT2D eigenvalue weighted by atomic mass is 10.1. The topological polar surface area (TPSA) is 41.9 Å². The molecule has 3 heterocycles. The molecule has 22 heavy (non-hydrogen) atoms. The number of pyridine rings is 1. The number of aromatic nitrogens is 3. The summed E-state index contributed by atoms with van der Waals surface area (Å²) in [5, 5.41) is 1.21. The Morgan fingerprint density at radius 2 is 1.91 bits per heavy atom. The molecule has 1 aliphatic heterocycles. The highest BCUT2D eigenvalue weighted by molar-refractivity contribution is 5.78. The molecule has 0 bridgehead atoms. The molecule has 4 heteroatoms. The minimum Gasteiger partial charge on any atom is -0.298 e. The van der Waals surface area contributed by atoms with Gasteiger partial charge >= 0.3 is 0 Å². The normalized spacial score (nSPS) is 18.8. The van der Waals surface area contributed by atoms with Crippen LogP contribution in [0.15, 0.2) is 55.0 Å². The van der Waals surface area contributed by atoms with Crippen molar-refractivity contribution in [3.05, 3.63) is 66.4 Å². The highest BCUT2D eigenvalue weighted by Gasteiger charge is 2.25. The summed E-state index contributed by atoms with van der Waals surface area (Å²) < 4.78 is 0. The van der Waals surface area contributed by atoms with Crippen molar-refractivity contribution in [1.82, 2.24) is 19.9 Å². The van der Waals surface area contributed by atoms with E-state index >= 15 is 0 Å². The summed E-state index contributed by atoms with van der Waals surface area (Å²) in [5.74, 6) is 1.43. The van der Waals surface area contributed by atoms with Crippen LogP contribution < -0.4 is 0 Å². The van der Waals surface area contributed by atoms with Crippen LogP contribution in [0.1, 0.15) is 23.7 Å². The van der Waals surface area contributed by atoms with E-state index in [2.05, 4.69) is 44.1 Å². The third kappa shape index (κ3) is 2.70. The highest BCUT2D eigenvalue weighted by Crippen LogP contribution is 2.25. The number of benzene rings is 1. The predicted molar refractivity (Wildman–Crippen MR) is 86.4 cm³/mol. The maximum atomic E-state index is 4.55. The number of nitrogens with zero attached hydrogens (tertiary/aromatic N) is 4. The molecular formula is C18H18N4. The summed E-state index contributed by atoms with van der Waals surface area (Å²) in [6.07, 6.45) is 6.79. The zero-order valence-corrected chi connectivity index (χ0v) is 12.4. The molecule has 1 aromatic carbocycles. The number of para-hydroxylation sites is 1. The Kier molecular flexibility index (Phi) is 3.52. The number of likely N-dealkylation sites (tertiary alicyclic amines) is 1. The van der Waals surface area contributed by atoms with Crippen LogP contribution >= 0.6 is 0 Å². The SMILES string of the molecule is c1cnc(C2CCN(Cc3cnc4ccccc4c3)C2)nc1. The first-order chi connectivity index (χ1) is 10.9. The van der Waals surface area contributed by atoms with E-state index < -0.39 is 0 Å². The van der Waals surface area contributed by atoms with Crippen molar-refractivity contribution < 1.29 is 0 Å². The molecule has 4 nitrogen and oxygen atoms in total. The Bertz CT molecular complexity index is 772. The van der Waals surface area contributed by atoms with Gasteiger partial charge in [0.1, 0.15) is 5.82 Å². The van der Waals surface area contributed by atoms with Crippen LogP contribution in [0.4, 0.5) is 0 Å². The van der Waals surface area contributed by atoms with Crippen LogP contribution in [0.3, 0.4) is 0 Å². The van der Waals surface area contributed by atoms with Gasteiger partial charge in [-0.1, -0.05) is 18.2 Å². The van der Waals surface area contributed by atoms with Crippen LogP contribution in [0.5, 0.6) is 0 Å². The van der Waals surface area contributed by atoms with E-state index in [1.807, 2.05) is 30.7 Å². The summed E-state index contributed by atoms with van der Waals surface area (Å²) in [6, 6.07) is 12.4. The van der Waals surface area contributed by atoms with Gasteiger partial charge in [-0.3, -0.25) is 9.88 Å². The standard InChI is InChI=1S/C18H18N4/c1-2-5-17-15(4-1)10-14(11-21-17)12-22-9-6-16(13-22)18-19-7-3-8-20-18/h1-5,7-8,10-11,16H,6,9,12-13H2. The van der Waals surface area contributed by atoms with E-state index in [-0.39, 0.29) is 0 Å². The van der Waals surface area contributed by atoms with Crippen LogP contribution in [-0.4, -0.2) is 32.9 Å². The highest BCUT2D eigenvalue weighted by atomic mass is 15.2. The summed E-state index contributed by atoms with van der Waals surface area (Å²) in [6.45, 7) is 3.06. The van der Waals surface area contributed by atoms with E-state index in [1.54, 1.807) is 0 Å². The fraction of sp³-hybridized carbons (Fsp3) is 0.278. The lowest BCUT2D eigenvalue weighted by Crippen LogP contribution is -2.20. The largest absolute Gasteiger partial charge is 0.298 e. The van der Waals surface area contributed by atoms with Crippen molar-refractivity contribution in [2.24, 2.45) is 0 Å². The van der Waals surface area contributed by atoms with Crippen molar-refractivity contribution >= 4 is 10.9 Å². The quantitative estimate of drug-likeness (QED) is 0.743. The van der Waals surface area contributed by atoms with Crippen molar-refractivity contribution in [2.75, 3.05) is 13.1 Å². The van der Waals surface area contributed by atoms with Gasteiger partial charge in [0.2, 0.25) is 0 Å². The molecule has 0 radical (unpaired) electrons. The average molecular weight is 290 g/mol. The van der Waals surface area contributed by atoms with Crippen molar-refractivity contribution in [3.63, 3.8) is 0 Å². The fourth-order valence-corrected chi connectivity index (χ4v) is 3.17. The zero-order chi connectivity index (χ0) is 14.8. The maximum Gasteiger partial charge on any atom is 0.132 e. The van der Waals surface area contributed by atoms with Gasteiger partial charge < -0.3 is 0 Å². The van der Waals surface area contributed by atoms with Gasteiger partial charge in [0.15, 0.2) is 0 Å². The second-order valence-electron chi connectivity index (χ2n) is 5.86. The van der Waals surface area contributed by atoms with Gasteiger partial charge in [-0.15, -0.1) is 0 Å². The molecule has 0 N–H and O–H groups in total. The molecular weight excluding hydrogens is 272 g/mol. The van der Waals surface area contributed by atoms with Gasteiger partial charge in [0, 0.05) is 43.0 Å². The van der Waals surface area contributed by atoms with E-state index in [0.29, 0.717) is 5.92 Å². The van der Waals surface area contributed by atoms with Crippen LogP contribution in [0.25, 0.3) is 10.9 Å². The Hall–Kier alpha value is -2.33. The maximum absolute atomic E-state index is 4.55. The minimum atomic E-state index is 0.453. The number of hydrogen-bond acceptors (Lipinski definition) is 4. The first-order valence-electron chi connectivity index (χ1n) is 7.71. The summed E-state index contributed by atoms with van der Waals surface area (Å²) in [7, 11) is 0. The first kappa shape index (κ1) is 13.3. The minimum absolute atomic E-state index is 0.453. The van der Waals surface area contributed by atoms with Gasteiger partial charge in [-0.25, -0.2) is 9.97 Å². The van der Waals surface area contributed by atoms with E-state index in [4.69, 9.17) is 0 Å². The Morgan fingerprint density at radius 1 is 1.05 bits per heavy atom. The molecule has 0 aliphatic carbocycles. The Morgan fingerprint density at radius 3 is 2.82 bits per heavy atom.